The van der Waals surface area contributed by atoms with E-state index < -0.39 is 0 Å². The van der Waals surface area contributed by atoms with Gasteiger partial charge in [-0.05, 0) is 24.4 Å². The molecule has 0 saturated carbocycles. The fourth-order valence-electron chi connectivity index (χ4n) is 1.61. The summed E-state index contributed by atoms with van der Waals surface area (Å²) in [5.74, 6) is 0.00940. The van der Waals surface area contributed by atoms with Gasteiger partial charge in [-0.3, -0.25) is 4.79 Å². The van der Waals surface area contributed by atoms with E-state index in [1.54, 1.807) is 4.90 Å². The number of carbonyl (C=O) groups excluding carboxylic acids is 1. The number of carbonyl (C=O) groups is 1. The maximum Gasteiger partial charge on any atom is 0.267 e. The molecule has 76 valence electrons. The van der Waals surface area contributed by atoms with Crippen LogP contribution in [0.3, 0.4) is 0 Å². The van der Waals surface area contributed by atoms with E-state index in [1.165, 1.54) is 6.20 Å². The molecule has 0 aliphatic carbocycles. The van der Waals surface area contributed by atoms with Crippen LogP contribution in [0.2, 0.25) is 0 Å². The first kappa shape index (κ1) is 9.54. The largest absolute Gasteiger partial charge is 0.336 e. The molecule has 0 spiro atoms. The maximum absolute atomic E-state index is 11.8. The molecule has 14 heavy (non-hydrogen) atoms. The van der Waals surface area contributed by atoms with Gasteiger partial charge in [-0.1, -0.05) is 4.49 Å². The van der Waals surface area contributed by atoms with Gasteiger partial charge in [-0.15, -0.1) is 5.10 Å². The third-order valence-corrected chi connectivity index (χ3v) is 2.97. The number of hydrogen-bond acceptors (Lipinski definition) is 5. The third kappa shape index (κ3) is 1.91. The first-order valence-corrected chi connectivity index (χ1v) is 5.37. The lowest BCUT2D eigenvalue weighted by Gasteiger charge is -2.30. The normalized spacial score (nSPS) is 22.4. The summed E-state index contributed by atoms with van der Waals surface area (Å²) in [4.78, 5) is 14.2. The van der Waals surface area contributed by atoms with Gasteiger partial charge in [0.1, 0.15) is 4.88 Å². The molecule has 1 aliphatic rings. The molecule has 1 saturated heterocycles. The maximum atomic E-state index is 11.8. The summed E-state index contributed by atoms with van der Waals surface area (Å²) in [5.41, 5.74) is 5.79. The Kier molecular flexibility index (Phi) is 2.74. The number of aromatic nitrogens is 2. The van der Waals surface area contributed by atoms with Crippen molar-refractivity contribution in [3.8, 4) is 0 Å². The van der Waals surface area contributed by atoms with Crippen LogP contribution < -0.4 is 5.73 Å². The summed E-state index contributed by atoms with van der Waals surface area (Å²) in [6.07, 6.45) is 3.50. The first-order valence-electron chi connectivity index (χ1n) is 4.59. The van der Waals surface area contributed by atoms with E-state index in [0.29, 0.717) is 11.4 Å². The average molecular weight is 212 g/mol. The molecular formula is C8H12N4OS. The molecule has 1 fully saturated rings. The summed E-state index contributed by atoms with van der Waals surface area (Å²) in [6.45, 7) is 1.45. The highest BCUT2D eigenvalue weighted by atomic mass is 32.1. The van der Waals surface area contributed by atoms with Crippen molar-refractivity contribution in [2.75, 3.05) is 13.1 Å². The summed E-state index contributed by atoms with van der Waals surface area (Å²) >= 11 is 1.13. The molecule has 0 aromatic carbocycles. The molecule has 1 aromatic heterocycles. The van der Waals surface area contributed by atoms with E-state index in [0.717, 1.165) is 30.9 Å². The lowest BCUT2D eigenvalue weighted by Crippen LogP contribution is -2.45. The predicted molar refractivity (Wildman–Crippen MR) is 53.0 cm³/mol. The zero-order chi connectivity index (χ0) is 9.97. The van der Waals surface area contributed by atoms with Gasteiger partial charge in [0.2, 0.25) is 0 Å². The molecule has 0 bridgehead atoms. The van der Waals surface area contributed by atoms with Crippen LogP contribution in [-0.2, 0) is 0 Å². The summed E-state index contributed by atoms with van der Waals surface area (Å²) in [6, 6.07) is 0.119. The van der Waals surface area contributed by atoms with E-state index in [2.05, 4.69) is 9.59 Å². The standard InChI is InChI=1S/C8H12N4OS/c9-6-2-1-3-12(5-6)8(13)7-4-10-11-14-7/h4,6H,1-3,5,9H2/t6-/m1/s1. The van der Waals surface area contributed by atoms with Crippen molar-refractivity contribution in [1.29, 1.82) is 0 Å². The van der Waals surface area contributed by atoms with Crippen molar-refractivity contribution in [1.82, 2.24) is 14.5 Å². The van der Waals surface area contributed by atoms with Gasteiger partial charge in [0, 0.05) is 19.1 Å². The predicted octanol–water partition coefficient (Wildman–Crippen LogP) is 0.101. The monoisotopic (exact) mass is 212 g/mol. The fourth-order valence-corrected chi connectivity index (χ4v) is 2.10. The van der Waals surface area contributed by atoms with Crippen molar-refractivity contribution in [3.63, 3.8) is 0 Å². The van der Waals surface area contributed by atoms with E-state index in [-0.39, 0.29) is 11.9 Å². The quantitative estimate of drug-likeness (QED) is 0.716. The number of nitrogens with zero attached hydrogens (tertiary/aromatic N) is 3. The molecule has 6 heteroatoms. The zero-order valence-electron chi connectivity index (χ0n) is 7.72. The highest BCUT2D eigenvalue weighted by Crippen LogP contribution is 2.13. The van der Waals surface area contributed by atoms with Gasteiger partial charge in [0.15, 0.2) is 0 Å². The molecule has 2 rings (SSSR count). The molecule has 1 aromatic rings. The number of hydrogen-bond donors (Lipinski definition) is 1. The molecular weight excluding hydrogens is 200 g/mol. The second-order valence-corrected chi connectivity index (χ2v) is 4.22. The number of nitrogens with two attached hydrogens (primary N) is 1. The van der Waals surface area contributed by atoms with Crippen LogP contribution in [0.4, 0.5) is 0 Å². The molecule has 0 radical (unpaired) electrons. The van der Waals surface area contributed by atoms with Crippen LogP contribution in [0, 0.1) is 0 Å². The Hall–Kier alpha value is -1.01. The van der Waals surface area contributed by atoms with Crippen LogP contribution in [0.5, 0.6) is 0 Å². The topological polar surface area (TPSA) is 72.1 Å². The van der Waals surface area contributed by atoms with Crippen molar-refractivity contribution in [3.05, 3.63) is 11.1 Å². The highest BCUT2D eigenvalue weighted by molar-refractivity contribution is 7.07. The first-order chi connectivity index (χ1) is 6.77. The minimum Gasteiger partial charge on any atom is -0.336 e. The number of piperidine rings is 1. The highest BCUT2D eigenvalue weighted by Gasteiger charge is 2.23. The average Bonchev–Trinajstić information content (AvgIpc) is 2.69. The second kappa shape index (κ2) is 4.02. The minimum absolute atomic E-state index is 0.00940. The summed E-state index contributed by atoms with van der Waals surface area (Å²) in [7, 11) is 0. The minimum atomic E-state index is 0.00940. The van der Waals surface area contributed by atoms with Crippen LogP contribution in [-0.4, -0.2) is 39.5 Å². The van der Waals surface area contributed by atoms with Crippen LogP contribution >= 0.6 is 11.5 Å². The molecule has 1 amide bonds. The van der Waals surface area contributed by atoms with E-state index in [4.69, 9.17) is 5.73 Å². The van der Waals surface area contributed by atoms with Gasteiger partial charge in [-0.2, -0.15) is 0 Å². The van der Waals surface area contributed by atoms with Gasteiger partial charge >= 0.3 is 0 Å². The lowest BCUT2D eigenvalue weighted by molar-refractivity contribution is 0.0713. The molecule has 1 aliphatic heterocycles. The van der Waals surface area contributed by atoms with Crippen LogP contribution in [0.15, 0.2) is 6.20 Å². The molecule has 2 heterocycles. The van der Waals surface area contributed by atoms with Gasteiger partial charge in [0.05, 0.1) is 6.20 Å². The lowest BCUT2D eigenvalue weighted by atomic mass is 10.1. The second-order valence-electron chi connectivity index (χ2n) is 3.44. The molecule has 2 N–H and O–H groups in total. The van der Waals surface area contributed by atoms with Crippen molar-refractivity contribution < 1.29 is 4.79 Å². The summed E-state index contributed by atoms with van der Waals surface area (Å²) < 4.78 is 3.67. The van der Waals surface area contributed by atoms with Crippen molar-refractivity contribution in [2.24, 2.45) is 5.73 Å². The fraction of sp³-hybridized carbons (Fsp3) is 0.625. The van der Waals surface area contributed by atoms with E-state index in [9.17, 15) is 4.79 Å². The zero-order valence-corrected chi connectivity index (χ0v) is 8.54. The van der Waals surface area contributed by atoms with Crippen molar-refractivity contribution in [2.45, 2.75) is 18.9 Å². The number of amides is 1. The van der Waals surface area contributed by atoms with Crippen LogP contribution in [0.1, 0.15) is 22.5 Å². The Morgan fingerprint density at radius 2 is 2.57 bits per heavy atom. The Bertz CT molecular complexity index is 313. The molecule has 5 nitrogen and oxygen atoms in total. The van der Waals surface area contributed by atoms with E-state index in [1.807, 2.05) is 0 Å². The van der Waals surface area contributed by atoms with E-state index >= 15 is 0 Å². The van der Waals surface area contributed by atoms with Gasteiger partial charge in [-0.25, -0.2) is 0 Å². The number of likely N-dealkylation sites (tertiary alicyclic amines) is 1. The third-order valence-electron chi connectivity index (χ3n) is 2.32. The Morgan fingerprint density at radius 1 is 1.71 bits per heavy atom. The smallest absolute Gasteiger partial charge is 0.267 e. The van der Waals surface area contributed by atoms with Gasteiger partial charge < -0.3 is 10.6 Å². The molecule has 0 unspecified atom stereocenters. The van der Waals surface area contributed by atoms with Gasteiger partial charge in [0.25, 0.3) is 5.91 Å². The van der Waals surface area contributed by atoms with Crippen LogP contribution in [0.25, 0.3) is 0 Å². The van der Waals surface area contributed by atoms with Crippen molar-refractivity contribution >= 4 is 17.4 Å². The Labute approximate surface area is 86.1 Å². The Morgan fingerprint density at radius 3 is 3.21 bits per heavy atom. The Balaban J connectivity index is 2.04. The number of rotatable bonds is 1. The summed E-state index contributed by atoms with van der Waals surface area (Å²) in [5, 5.41) is 3.65. The SMILES string of the molecule is N[C@@H]1CCCN(C(=O)c2cnns2)C1. The molecule has 1 atom stereocenters.